The molecule has 1 aliphatic rings. The van der Waals surface area contributed by atoms with Gasteiger partial charge in [0.1, 0.15) is 5.67 Å². The van der Waals surface area contributed by atoms with Crippen molar-refractivity contribution in [2.75, 3.05) is 13.7 Å². The summed E-state index contributed by atoms with van der Waals surface area (Å²) in [6.07, 6.45) is 1.57. The van der Waals surface area contributed by atoms with Gasteiger partial charge in [-0.2, -0.15) is 0 Å². The van der Waals surface area contributed by atoms with Gasteiger partial charge in [-0.15, -0.1) is 0 Å². The highest BCUT2D eigenvalue weighted by Crippen LogP contribution is 2.47. The molecule has 0 amide bonds. The van der Waals surface area contributed by atoms with Crippen LogP contribution in [0.2, 0.25) is 5.04 Å². The molecule has 0 saturated heterocycles. The first-order valence-corrected chi connectivity index (χ1v) is 14.9. The average molecular weight is 490 g/mol. The zero-order valence-electron chi connectivity index (χ0n) is 21.2. The van der Waals surface area contributed by atoms with Crippen molar-refractivity contribution in [2.45, 2.75) is 82.3 Å². The Morgan fingerprint density at radius 2 is 1.42 bits per heavy atom. The number of benzene rings is 2. The summed E-state index contributed by atoms with van der Waals surface area (Å²) in [5.74, 6) is 0. The van der Waals surface area contributed by atoms with Crippen LogP contribution in [-0.2, 0) is 15.4 Å². The molecule has 0 spiro atoms. The molecule has 3 rings (SSSR count). The Bertz CT molecular complexity index is 897. The van der Waals surface area contributed by atoms with Gasteiger partial charge >= 0.3 is 0 Å². The molecule has 1 unspecified atom stereocenters. The first-order chi connectivity index (χ1) is 15.3. The molecule has 3 nitrogen and oxygen atoms in total. The third kappa shape index (κ3) is 5.50. The topological polar surface area (TPSA) is 29.5 Å². The molecule has 0 N–H and O–H groups in total. The SMILES string of the molecule is CN([C@@H](CCO[Si](c1ccccc1)(c1ccccc1)C(C)(C)C)C1(F)CC1)S(=O)C(C)(C)C. The van der Waals surface area contributed by atoms with E-state index in [-0.39, 0.29) is 5.04 Å². The van der Waals surface area contributed by atoms with Gasteiger partial charge in [0.05, 0.1) is 21.8 Å². The van der Waals surface area contributed by atoms with E-state index in [4.69, 9.17) is 4.43 Å². The van der Waals surface area contributed by atoms with E-state index in [1.54, 1.807) is 11.4 Å². The summed E-state index contributed by atoms with van der Waals surface area (Å²) in [4.78, 5) is 0. The normalized spacial score (nSPS) is 18.2. The summed E-state index contributed by atoms with van der Waals surface area (Å²) in [5.41, 5.74) is -1.27. The maximum absolute atomic E-state index is 15.4. The second kappa shape index (κ2) is 9.72. The summed E-state index contributed by atoms with van der Waals surface area (Å²) in [6.45, 7) is 13.0. The fraction of sp³-hybridized carbons (Fsp3) is 0.556. The average Bonchev–Trinajstić information content (AvgIpc) is 3.50. The van der Waals surface area contributed by atoms with E-state index < -0.39 is 35.8 Å². The number of hydrogen-bond acceptors (Lipinski definition) is 2. The van der Waals surface area contributed by atoms with Gasteiger partial charge in [0.25, 0.3) is 8.32 Å². The van der Waals surface area contributed by atoms with Crippen LogP contribution in [0.1, 0.15) is 60.8 Å². The second-order valence-corrected chi connectivity index (χ2v) is 17.9. The van der Waals surface area contributed by atoms with E-state index in [0.717, 1.165) is 0 Å². The zero-order chi connectivity index (χ0) is 24.5. The summed E-state index contributed by atoms with van der Waals surface area (Å²) in [7, 11) is -2.15. The highest BCUT2D eigenvalue weighted by molar-refractivity contribution is 7.84. The van der Waals surface area contributed by atoms with E-state index >= 15 is 4.39 Å². The van der Waals surface area contributed by atoms with Crippen LogP contribution in [0.25, 0.3) is 0 Å². The number of rotatable bonds is 9. The summed E-state index contributed by atoms with van der Waals surface area (Å²) in [6, 6.07) is 20.6. The maximum Gasteiger partial charge on any atom is 0.261 e. The van der Waals surface area contributed by atoms with Gasteiger partial charge in [-0.1, -0.05) is 81.4 Å². The minimum Gasteiger partial charge on any atom is -0.407 e. The maximum atomic E-state index is 15.4. The monoisotopic (exact) mass is 489 g/mol. The molecular weight excluding hydrogens is 449 g/mol. The van der Waals surface area contributed by atoms with Crippen LogP contribution in [0.15, 0.2) is 60.7 Å². The molecule has 0 aromatic heterocycles. The Labute approximate surface area is 203 Å². The third-order valence-corrected chi connectivity index (χ3v) is 13.5. The van der Waals surface area contributed by atoms with Crippen LogP contribution in [0.5, 0.6) is 0 Å². The van der Waals surface area contributed by atoms with Crippen molar-refractivity contribution >= 4 is 29.7 Å². The van der Waals surface area contributed by atoms with E-state index in [9.17, 15) is 4.21 Å². The van der Waals surface area contributed by atoms with Gasteiger partial charge in [0, 0.05) is 13.7 Å². The van der Waals surface area contributed by atoms with E-state index in [0.29, 0.717) is 25.9 Å². The van der Waals surface area contributed by atoms with Crippen LogP contribution in [-0.4, -0.2) is 46.9 Å². The zero-order valence-corrected chi connectivity index (χ0v) is 23.0. The molecule has 0 bridgehead atoms. The minimum atomic E-state index is -2.67. The Morgan fingerprint density at radius 3 is 1.79 bits per heavy atom. The molecule has 182 valence electrons. The fourth-order valence-electron chi connectivity index (χ4n) is 4.85. The van der Waals surface area contributed by atoms with Crippen LogP contribution in [0.3, 0.4) is 0 Å². The van der Waals surface area contributed by atoms with Crippen LogP contribution in [0.4, 0.5) is 4.39 Å². The lowest BCUT2D eigenvalue weighted by Gasteiger charge is -2.43. The summed E-state index contributed by atoms with van der Waals surface area (Å²) < 4.78 is 36.8. The molecular formula is C27H40FNO2SSi. The minimum absolute atomic E-state index is 0.127. The van der Waals surface area contributed by atoms with Crippen molar-refractivity contribution in [3.63, 3.8) is 0 Å². The van der Waals surface area contributed by atoms with Crippen molar-refractivity contribution in [2.24, 2.45) is 0 Å². The Balaban J connectivity index is 1.93. The van der Waals surface area contributed by atoms with Crippen LogP contribution >= 0.6 is 0 Å². The number of alkyl halides is 1. The molecule has 2 atom stereocenters. The van der Waals surface area contributed by atoms with Gasteiger partial charge < -0.3 is 4.43 Å². The van der Waals surface area contributed by atoms with Crippen molar-refractivity contribution in [3.8, 4) is 0 Å². The van der Waals surface area contributed by atoms with Crippen molar-refractivity contribution in [3.05, 3.63) is 60.7 Å². The van der Waals surface area contributed by atoms with Crippen LogP contribution in [0, 0.1) is 0 Å². The molecule has 2 aromatic rings. The smallest absolute Gasteiger partial charge is 0.261 e. The summed E-state index contributed by atoms with van der Waals surface area (Å²) >= 11 is 0. The Kier molecular flexibility index (Phi) is 7.74. The summed E-state index contributed by atoms with van der Waals surface area (Å²) in [5, 5.41) is 2.31. The number of halogens is 1. The Morgan fingerprint density at radius 1 is 0.970 bits per heavy atom. The lowest BCUT2D eigenvalue weighted by Crippen LogP contribution is -2.66. The molecule has 0 aliphatic heterocycles. The second-order valence-electron chi connectivity index (χ2n) is 11.3. The van der Waals surface area contributed by atoms with E-state index in [1.807, 2.05) is 32.9 Å². The van der Waals surface area contributed by atoms with Crippen molar-refractivity contribution in [1.82, 2.24) is 4.31 Å². The standard InChI is InChI=1S/C27H40FNO2SSi/c1-25(2,3)32(30)29(7)24(27(28)19-20-27)18-21-31-33(26(4,5)6,22-14-10-8-11-15-22)23-16-12-9-13-17-23/h8-17,24H,18-21H2,1-7H3/t24-,32?/m0/s1. The lowest BCUT2D eigenvalue weighted by molar-refractivity contribution is 0.145. The Hall–Kier alpha value is -1.34. The highest BCUT2D eigenvalue weighted by atomic mass is 32.2. The molecule has 0 heterocycles. The van der Waals surface area contributed by atoms with Crippen molar-refractivity contribution in [1.29, 1.82) is 0 Å². The molecule has 1 saturated carbocycles. The van der Waals surface area contributed by atoms with Crippen LogP contribution < -0.4 is 10.4 Å². The van der Waals surface area contributed by atoms with E-state index in [1.165, 1.54) is 10.4 Å². The lowest BCUT2D eigenvalue weighted by atomic mass is 10.1. The van der Waals surface area contributed by atoms with Gasteiger partial charge in [-0.3, -0.25) is 0 Å². The van der Waals surface area contributed by atoms with Gasteiger partial charge in [0.2, 0.25) is 0 Å². The molecule has 6 heteroatoms. The predicted octanol–water partition coefficient (Wildman–Crippen LogP) is 5.22. The predicted molar refractivity (Wildman–Crippen MR) is 141 cm³/mol. The molecule has 1 aliphatic carbocycles. The third-order valence-electron chi connectivity index (χ3n) is 6.68. The number of nitrogens with zero attached hydrogens (tertiary/aromatic N) is 1. The molecule has 2 aromatic carbocycles. The van der Waals surface area contributed by atoms with E-state index in [2.05, 4.69) is 69.3 Å². The quantitative estimate of drug-likeness (QED) is 0.452. The van der Waals surface area contributed by atoms with Gasteiger partial charge in [0.15, 0.2) is 0 Å². The molecule has 0 radical (unpaired) electrons. The first-order valence-electron chi connectivity index (χ1n) is 11.9. The van der Waals surface area contributed by atoms with Gasteiger partial charge in [-0.05, 0) is 55.4 Å². The largest absolute Gasteiger partial charge is 0.407 e. The first kappa shape index (κ1) is 26.3. The highest BCUT2D eigenvalue weighted by Gasteiger charge is 2.54. The molecule has 1 fully saturated rings. The number of hydrogen-bond donors (Lipinski definition) is 0. The fourth-order valence-corrected chi connectivity index (χ4v) is 10.8. The van der Waals surface area contributed by atoms with Gasteiger partial charge in [-0.25, -0.2) is 12.9 Å². The molecule has 33 heavy (non-hydrogen) atoms. The van der Waals surface area contributed by atoms with Crippen molar-refractivity contribution < 1.29 is 13.0 Å².